The Kier molecular flexibility index (Phi) is 14.6. The monoisotopic (exact) mass is 740 g/mol. The van der Waals surface area contributed by atoms with Gasteiger partial charge in [-0.25, -0.2) is 4.79 Å². The van der Waals surface area contributed by atoms with Gasteiger partial charge >= 0.3 is 6.09 Å². The Hall–Kier alpha value is -4.49. The Morgan fingerprint density at radius 1 is 0.925 bits per heavy atom. The van der Waals surface area contributed by atoms with Crippen LogP contribution in [0.2, 0.25) is 0 Å². The molecular weight excluding hydrogens is 680 g/mol. The highest BCUT2D eigenvalue weighted by Gasteiger charge is 2.55. The number of rotatable bonds is 14. The minimum atomic E-state index is -1.41. The van der Waals surface area contributed by atoms with Crippen molar-refractivity contribution < 1.29 is 38.3 Å². The lowest BCUT2D eigenvalue weighted by Crippen LogP contribution is -2.63. The van der Waals surface area contributed by atoms with Crippen LogP contribution < -0.4 is 21.3 Å². The highest BCUT2D eigenvalue weighted by atomic mass is 16.6. The first kappa shape index (κ1) is 42.9. The molecule has 0 bridgehead atoms. The standard InChI is InChI=1S/C39H60N6O8/c1-10-17-27(31(47)32(48)40-22-28(46)42-29(33(49)44(8)9)25-18-13-11-14-19-25)41-35(51)39(7)23-38(5,6)24-45(39)34(50)30(26-20-15-12-16-21-26)43-36(52)53-37(2,3)4/h11,13-14,18-19,26-27,29-30H,10,12,15-17,20-24H2,1-9H3,(H,40,48)(H,41,51)(H,42,46)(H,43,52). The number of alkyl carbamates (subject to hydrolysis) is 1. The Morgan fingerprint density at radius 2 is 1.55 bits per heavy atom. The lowest BCUT2D eigenvalue weighted by molar-refractivity contribution is -0.148. The Balaban J connectivity index is 1.76. The van der Waals surface area contributed by atoms with E-state index in [9.17, 15) is 33.6 Å². The predicted octanol–water partition coefficient (Wildman–Crippen LogP) is 3.39. The number of nitrogens with zero attached hydrogens (tertiary/aromatic N) is 2. The molecule has 1 aromatic carbocycles. The smallest absolute Gasteiger partial charge is 0.408 e. The van der Waals surface area contributed by atoms with Gasteiger partial charge in [0.2, 0.25) is 29.4 Å². The maximum Gasteiger partial charge on any atom is 0.408 e. The molecule has 0 spiro atoms. The summed E-state index contributed by atoms with van der Waals surface area (Å²) in [4.78, 5) is 96.8. The molecule has 2 fully saturated rings. The van der Waals surface area contributed by atoms with Gasteiger partial charge in [0.05, 0.1) is 12.6 Å². The molecule has 1 heterocycles. The van der Waals surface area contributed by atoms with Gasteiger partial charge in [-0.1, -0.05) is 76.8 Å². The van der Waals surface area contributed by atoms with E-state index in [0.29, 0.717) is 12.0 Å². The lowest BCUT2D eigenvalue weighted by Gasteiger charge is -2.39. The SMILES string of the molecule is CCCC(NC(=O)C1(C)CC(C)(C)CN1C(=O)C(NC(=O)OC(C)(C)C)C1CCCCC1)C(=O)C(=O)NCC(=O)NC(C(=O)N(C)C)c1ccccc1. The zero-order valence-electron chi connectivity index (χ0n) is 32.9. The van der Waals surface area contributed by atoms with Crippen LogP contribution in [0, 0.1) is 11.3 Å². The van der Waals surface area contributed by atoms with Crippen LogP contribution in [0.4, 0.5) is 4.79 Å². The van der Waals surface area contributed by atoms with Gasteiger partial charge in [-0.15, -0.1) is 0 Å². The second-order valence-corrected chi connectivity index (χ2v) is 16.6. The average molecular weight is 741 g/mol. The Labute approximate surface area is 313 Å². The zero-order chi connectivity index (χ0) is 39.7. The van der Waals surface area contributed by atoms with E-state index in [2.05, 4.69) is 21.3 Å². The summed E-state index contributed by atoms with van der Waals surface area (Å²) < 4.78 is 5.52. The summed E-state index contributed by atoms with van der Waals surface area (Å²) >= 11 is 0. The average Bonchev–Trinajstić information content (AvgIpc) is 3.36. The van der Waals surface area contributed by atoms with E-state index in [1.807, 2.05) is 13.8 Å². The predicted molar refractivity (Wildman–Crippen MR) is 199 cm³/mol. The number of likely N-dealkylation sites (tertiary alicyclic amines) is 1. The number of Topliss-reactive ketones (excluding diaryl/α,β-unsaturated/α-hetero) is 1. The molecule has 1 saturated heterocycles. The van der Waals surface area contributed by atoms with Crippen LogP contribution in [0.15, 0.2) is 30.3 Å². The first-order valence-electron chi connectivity index (χ1n) is 18.7. The van der Waals surface area contributed by atoms with Crippen molar-refractivity contribution in [2.24, 2.45) is 11.3 Å². The van der Waals surface area contributed by atoms with Crippen LogP contribution in [-0.2, 0) is 33.5 Å². The molecule has 294 valence electrons. The number of carbonyl (C=O) groups excluding carboxylic acids is 7. The molecule has 14 nitrogen and oxygen atoms in total. The number of ether oxygens (including phenoxy) is 1. The molecule has 53 heavy (non-hydrogen) atoms. The number of likely N-dealkylation sites (N-methyl/N-ethyl adjacent to an activating group) is 1. The van der Waals surface area contributed by atoms with Gasteiger partial charge in [-0.05, 0) is 70.3 Å². The van der Waals surface area contributed by atoms with E-state index in [1.54, 1.807) is 79.0 Å². The lowest BCUT2D eigenvalue weighted by atomic mass is 9.82. The maximum atomic E-state index is 14.5. The highest BCUT2D eigenvalue weighted by molar-refractivity contribution is 6.38. The van der Waals surface area contributed by atoms with Crippen molar-refractivity contribution in [1.82, 2.24) is 31.1 Å². The molecule has 4 atom stereocenters. The second-order valence-electron chi connectivity index (χ2n) is 16.6. The minimum absolute atomic E-state index is 0.135. The van der Waals surface area contributed by atoms with Crippen molar-refractivity contribution >= 4 is 41.4 Å². The number of hydrogen-bond donors (Lipinski definition) is 4. The summed E-state index contributed by atoms with van der Waals surface area (Å²) in [6.07, 6.45) is 4.50. The molecule has 1 saturated carbocycles. The molecule has 3 rings (SSSR count). The van der Waals surface area contributed by atoms with Crippen molar-refractivity contribution in [1.29, 1.82) is 0 Å². The molecule has 4 unspecified atom stereocenters. The first-order chi connectivity index (χ1) is 24.7. The van der Waals surface area contributed by atoms with Crippen LogP contribution in [0.1, 0.15) is 111 Å². The van der Waals surface area contributed by atoms with Crippen molar-refractivity contribution in [2.75, 3.05) is 27.2 Å². The van der Waals surface area contributed by atoms with Gasteiger partial charge in [0.15, 0.2) is 0 Å². The molecule has 1 aliphatic carbocycles. The molecule has 0 radical (unpaired) electrons. The van der Waals surface area contributed by atoms with E-state index in [-0.39, 0.29) is 31.2 Å². The summed E-state index contributed by atoms with van der Waals surface area (Å²) in [6, 6.07) is 5.50. The van der Waals surface area contributed by atoms with E-state index >= 15 is 0 Å². The van der Waals surface area contributed by atoms with Gasteiger partial charge in [-0.2, -0.15) is 0 Å². The molecule has 14 heteroatoms. The second kappa shape index (κ2) is 18.0. The maximum absolute atomic E-state index is 14.5. The van der Waals surface area contributed by atoms with Crippen LogP contribution >= 0.6 is 0 Å². The van der Waals surface area contributed by atoms with Crippen LogP contribution in [-0.4, -0.2) is 102 Å². The fourth-order valence-corrected chi connectivity index (χ4v) is 7.34. The van der Waals surface area contributed by atoms with Crippen LogP contribution in [0.3, 0.4) is 0 Å². The van der Waals surface area contributed by atoms with E-state index in [4.69, 9.17) is 4.74 Å². The third-order valence-corrected chi connectivity index (χ3v) is 9.78. The minimum Gasteiger partial charge on any atom is -0.444 e. The Morgan fingerprint density at radius 3 is 2.11 bits per heavy atom. The fourth-order valence-electron chi connectivity index (χ4n) is 7.34. The van der Waals surface area contributed by atoms with Gasteiger partial charge in [0, 0.05) is 20.6 Å². The normalized spacial score (nSPS) is 20.3. The van der Waals surface area contributed by atoms with E-state index in [0.717, 1.165) is 32.1 Å². The highest BCUT2D eigenvalue weighted by Crippen LogP contribution is 2.43. The number of amides is 6. The van der Waals surface area contributed by atoms with Crippen molar-refractivity contribution in [3.8, 4) is 0 Å². The largest absolute Gasteiger partial charge is 0.444 e. The summed E-state index contributed by atoms with van der Waals surface area (Å²) in [5, 5.41) is 10.5. The summed E-state index contributed by atoms with van der Waals surface area (Å²) in [5.74, 6) is -4.21. The first-order valence-corrected chi connectivity index (χ1v) is 18.7. The molecular formula is C39H60N6O8. The fraction of sp³-hybridized carbons (Fsp3) is 0.667. The van der Waals surface area contributed by atoms with Gasteiger partial charge in [0.25, 0.3) is 5.91 Å². The van der Waals surface area contributed by atoms with Crippen molar-refractivity contribution in [3.63, 3.8) is 0 Å². The third-order valence-electron chi connectivity index (χ3n) is 9.78. The number of nitrogens with one attached hydrogen (secondary N) is 4. The van der Waals surface area contributed by atoms with Crippen LogP contribution in [0.25, 0.3) is 0 Å². The number of hydrogen-bond acceptors (Lipinski definition) is 8. The summed E-state index contributed by atoms with van der Waals surface area (Å²) in [7, 11) is 3.12. The quantitative estimate of drug-likeness (QED) is 0.209. The molecule has 0 aromatic heterocycles. The van der Waals surface area contributed by atoms with Crippen molar-refractivity contribution in [2.45, 2.75) is 129 Å². The molecule has 1 aliphatic heterocycles. The molecule has 2 aliphatic rings. The summed E-state index contributed by atoms with van der Waals surface area (Å²) in [6.45, 7) is 12.2. The zero-order valence-corrected chi connectivity index (χ0v) is 32.9. The summed E-state index contributed by atoms with van der Waals surface area (Å²) in [5.41, 5.74) is -2.11. The van der Waals surface area contributed by atoms with Gasteiger partial charge < -0.3 is 35.8 Å². The molecule has 1 aromatic rings. The van der Waals surface area contributed by atoms with Gasteiger partial charge in [0.1, 0.15) is 23.2 Å². The van der Waals surface area contributed by atoms with Crippen LogP contribution in [0.5, 0.6) is 0 Å². The number of carbonyl (C=O) groups is 7. The van der Waals surface area contributed by atoms with E-state index < -0.39 is 76.7 Å². The van der Waals surface area contributed by atoms with Gasteiger partial charge in [-0.3, -0.25) is 28.8 Å². The Bertz CT molecular complexity index is 1500. The third kappa shape index (κ3) is 11.8. The number of benzene rings is 1. The van der Waals surface area contributed by atoms with Crippen molar-refractivity contribution in [3.05, 3.63) is 35.9 Å². The van der Waals surface area contributed by atoms with E-state index in [1.165, 1.54) is 9.80 Å². The molecule has 6 amide bonds. The molecule has 4 N–H and O–H groups in total. The topological polar surface area (TPSA) is 183 Å². The number of ketones is 1.